The molecule has 5 rings (SSSR count). The highest BCUT2D eigenvalue weighted by Gasteiger charge is 2.07. The first kappa shape index (κ1) is 16.3. The minimum Gasteiger partial charge on any atom is -0.323 e. The SMILES string of the molecule is Nn1ncc2cc(-c3cccc(Cn4c(=O)cnc5ccccc54)c3)ccc21. The van der Waals surface area contributed by atoms with Gasteiger partial charge in [0.25, 0.3) is 5.56 Å². The summed E-state index contributed by atoms with van der Waals surface area (Å²) in [5, 5.41) is 5.08. The zero-order chi connectivity index (χ0) is 19.1. The summed E-state index contributed by atoms with van der Waals surface area (Å²) >= 11 is 0. The lowest BCUT2D eigenvalue weighted by Gasteiger charge is -2.11. The Morgan fingerprint density at radius 1 is 0.857 bits per heavy atom. The lowest BCUT2D eigenvalue weighted by molar-refractivity contribution is 0.787. The molecule has 0 aliphatic rings. The summed E-state index contributed by atoms with van der Waals surface area (Å²) in [4.78, 5) is 18.0. The zero-order valence-electron chi connectivity index (χ0n) is 15.0. The standard InChI is InChI=1S/C22H17N5O/c23-27-20-9-8-17(11-18(20)12-25-27)16-5-3-4-15(10-16)14-26-21-7-2-1-6-19(21)24-13-22(26)28/h1-13H,14,23H2. The fourth-order valence-electron chi connectivity index (χ4n) is 3.54. The summed E-state index contributed by atoms with van der Waals surface area (Å²) in [6, 6.07) is 21.9. The highest BCUT2D eigenvalue weighted by atomic mass is 16.1. The van der Waals surface area contributed by atoms with Gasteiger partial charge in [0.1, 0.15) is 0 Å². The lowest BCUT2D eigenvalue weighted by Crippen LogP contribution is -2.21. The second kappa shape index (κ2) is 6.35. The Hall–Kier alpha value is -3.93. The Morgan fingerprint density at radius 2 is 1.71 bits per heavy atom. The number of fused-ring (bicyclic) bond motifs is 2. The fourth-order valence-corrected chi connectivity index (χ4v) is 3.54. The molecule has 0 amide bonds. The van der Waals surface area contributed by atoms with E-state index in [1.165, 1.54) is 11.0 Å². The van der Waals surface area contributed by atoms with Crippen LogP contribution in [0.15, 0.2) is 83.9 Å². The average molecular weight is 367 g/mol. The number of nitrogens with zero attached hydrogens (tertiary/aromatic N) is 4. The molecule has 28 heavy (non-hydrogen) atoms. The van der Waals surface area contributed by atoms with E-state index < -0.39 is 0 Å². The van der Waals surface area contributed by atoms with E-state index in [2.05, 4.69) is 28.3 Å². The van der Waals surface area contributed by atoms with E-state index >= 15 is 0 Å². The van der Waals surface area contributed by atoms with Crippen molar-refractivity contribution in [2.45, 2.75) is 6.54 Å². The maximum atomic E-state index is 12.4. The van der Waals surface area contributed by atoms with E-state index in [1.54, 1.807) is 10.8 Å². The number of hydrogen-bond donors (Lipinski definition) is 1. The van der Waals surface area contributed by atoms with E-state index in [4.69, 9.17) is 5.84 Å². The minimum absolute atomic E-state index is 0.110. The van der Waals surface area contributed by atoms with Crippen LogP contribution in [0.5, 0.6) is 0 Å². The molecule has 6 heteroatoms. The highest BCUT2D eigenvalue weighted by Crippen LogP contribution is 2.25. The predicted octanol–water partition coefficient (Wildman–Crippen LogP) is 3.18. The molecule has 5 aromatic rings. The molecule has 0 saturated heterocycles. The molecule has 136 valence electrons. The maximum absolute atomic E-state index is 12.4. The van der Waals surface area contributed by atoms with Gasteiger partial charge in [0.05, 0.1) is 35.5 Å². The Bertz CT molecular complexity index is 1380. The number of benzene rings is 3. The van der Waals surface area contributed by atoms with Crippen LogP contribution in [0, 0.1) is 0 Å². The number of nitrogen functional groups attached to an aromatic ring is 1. The van der Waals surface area contributed by atoms with Crippen molar-refractivity contribution in [3.8, 4) is 11.1 Å². The van der Waals surface area contributed by atoms with Crippen LogP contribution in [0.3, 0.4) is 0 Å². The van der Waals surface area contributed by atoms with Crippen molar-refractivity contribution in [1.82, 2.24) is 19.4 Å². The monoisotopic (exact) mass is 367 g/mol. The Morgan fingerprint density at radius 3 is 2.64 bits per heavy atom. The molecule has 0 saturated carbocycles. The van der Waals surface area contributed by atoms with Gasteiger partial charge < -0.3 is 10.4 Å². The first-order valence-corrected chi connectivity index (χ1v) is 8.96. The topological polar surface area (TPSA) is 78.7 Å². The molecular weight excluding hydrogens is 350 g/mol. The summed E-state index contributed by atoms with van der Waals surface area (Å²) in [5.74, 6) is 5.80. The molecule has 6 nitrogen and oxygen atoms in total. The molecule has 0 radical (unpaired) electrons. The minimum atomic E-state index is -0.110. The van der Waals surface area contributed by atoms with Crippen molar-refractivity contribution in [3.05, 3.63) is 95.0 Å². The Balaban J connectivity index is 1.56. The number of aromatic nitrogens is 4. The van der Waals surface area contributed by atoms with E-state index in [0.717, 1.165) is 38.6 Å². The molecular formula is C22H17N5O. The van der Waals surface area contributed by atoms with Crippen LogP contribution >= 0.6 is 0 Å². The van der Waals surface area contributed by atoms with Gasteiger partial charge in [-0.05, 0) is 47.0 Å². The fraction of sp³-hybridized carbons (Fsp3) is 0.0455. The first-order chi connectivity index (χ1) is 13.7. The van der Waals surface area contributed by atoms with Crippen molar-refractivity contribution in [2.75, 3.05) is 5.84 Å². The molecule has 0 spiro atoms. The van der Waals surface area contributed by atoms with Gasteiger partial charge in [0.15, 0.2) is 0 Å². The van der Waals surface area contributed by atoms with Gasteiger partial charge in [-0.25, -0.2) is 4.98 Å². The third kappa shape index (κ3) is 2.72. The first-order valence-electron chi connectivity index (χ1n) is 8.96. The van der Waals surface area contributed by atoms with Crippen molar-refractivity contribution in [1.29, 1.82) is 0 Å². The second-order valence-corrected chi connectivity index (χ2v) is 6.73. The van der Waals surface area contributed by atoms with Crippen LogP contribution in [-0.2, 0) is 6.54 Å². The summed E-state index contributed by atoms with van der Waals surface area (Å²) in [6.45, 7) is 0.485. The largest absolute Gasteiger partial charge is 0.323 e. The molecule has 0 bridgehead atoms. The van der Waals surface area contributed by atoms with Crippen LogP contribution < -0.4 is 11.4 Å². The van der Waals surface area contributed by atoms with Crippen LogP contribution in [0.2, 0.25) is 0 Å². The van der Waals surface area contributed by atoms with Crippen molar-refractivity contribution < 1.29 is 0 Å². The predicted molar refractivity (Wildman–Crippen MR) is 110 cm³/mol. The molecule has 3 aromatic carbocycles. The molecule has 0 aliphatic carbocycles. The summed E-state index contributed by atoms with van der Waals surface area (Å²) in [5.41, 5.74) is 5.62. The molecule has 2 aromatic heterocycles. The maximum Gasteiger partial charge on any atom is 0.269 e. The van der Waals surface area contributed by atoms with Gasteiger partial charge >= 0.3 is 0 Å². The van der Waals surface area contributed by atoms with Crippen LogP contribution in [0.4, 0.5) is 0 Å². The molecule has 0 aliphatic heterocycles. The molecule has 0 fully saturated rings. The van der Waals surface area contributed by atoms with Gasteiger partial charge in [-0.3, -0.25) is 4.79 Å². The van der Waals surface area contributed by atoms with Gasteiger partial charge in [0, 0.05) is 5.39 Å². The summed E-state index contributed by atoms with van der Waals surface area (Å²) in [7, 11) is 0. The van der Waals surface area contributed by atoms with Crippen molar-refractivity contribution in [3.63, 3.8) is 0 Å². The van der Waals surface area contributed by atoms with E-state index in [9.17, 15) is 4.79 Å². The number of para-hydroxylation sites is 2. The summed E-state index contributed by atoms with van der Waals surface area (Å²) < 4.78 is 1.75. The third-order valence-electron chi connectivity index (χ3n) is 4.95. The van der Waals surface area contributed by atoms with Gasteiger partial charge in [0.2, 0.25) is 0 Å². The van der Waals surface area contributed by atoms with E-state index in [-0.39, 0.29) is 5.56 Å². The quantitative estimate of drug-likeness (QED) is 0.497. The van der Waals surface area contributed by atoms with E-state index in [0.29, 0.717) is 6.54 Å². The molecule has 0 unspecified atom stereocenters. The highest BCUT2D eigenvalue weighted by molar-refractivity contribution is 5.84. The zero-order valence-corrected chi connectivity index (χ0v) is 15.0. The van der Waals surface area contributed by atoms with Crippen molar-refractivity contribution in [2.24, 2.45) is 0 Å². The number of hydrogen-bond acceptors (Lipinski definition) is 4. The van der Waals surface area contributed by atoms with Gasteiger partial charge in [-0.1, -0.05) is 36.4 Å². The summed E-state index contributed by atoms with van der Waals surface area (Å²) in [6.07, 6.45) is 3.13. The smallest absolute Gasteiger partial charge is 0.269 e. The van der Waals surface area contributed by atoms with Crippen LogP contribution in [-0.4, -0.2) is 19.4 Å². The lowest BCUT2D eigenvalue weighted by atomic mass is 10.0. The normalized spacial score (nSPS) is 11.3. The molecule has 2 heterocycles. The van der Waals surface area contributed by atoms with Crippen molar-refractivity contribution >= 4 is 21.9 Å². The van der Waals surface area contributed by atoms with Gasteiger partial charge in [-0.2, -0.15) is 9.89 Å². The Kier molecular flexibility index (Phi) is 3.69. The van der Waals surface area contributed by atoms with E-state index in [1.807, 2.05) is 48.5 Å². The van der Waals surface area contributed by atoms with Crippen LogP contribution in [0.25, 0.3) is 33.1 Å². The second-order valence-electron chi connectivity index (χ2n) is 6.73. The molecule has 2 N–H and O–H groups in total. The Labute approximate surface area is 160 Å². The number of rotatable bonds is 3. The molecule has 0 atom stereocenters. The number of nitrogens with two attached hydrogens (primary N) is 1. The average Bonchev–Trinajstić information content (AvgIpc) is 3.11. The van der Waals surface area contributed by atoms with Crippen LogP contribution in [0.1, 0.15) is 5.56 Å². The third-order valence-corrected chi connectivity index (χ3v) is 4.95. The van der Waals surface area contributed by atoms with Gasteiger partial charge in [-0.15, -0.1) is 0 Å².